The summed E-state index contributed by atoms with van der Waals surface area (Å²) in [5.74, 6) is -0.0476. The summed E-state index contributed by atoms with van der Waals surface area (Å²) < 4.78 is 1.70. The average molecular weight is 254 g/mol. The van der Waals surface area contributed by atoms with Gasteiger partial charge in [-0.3, -0.25) is 9.48 Å². The Morgan fingerprint density at radius 1 is 1.37 bits per heavy atom. The first kappa shape index (κ1) is 12.8. The molecule has 0 saturated carbocycles. The molecule has 1 aromatic heterocycles. The summed E-state index contributed by atoms with van der Waals surface area (Å²) >= 11 is 0. The maximum absolute atomic E-state index is 11.7. The lowest BCUT2D eigenvalue weighted by Gasteiger charge is -2.03. The molecule has 0 radical (unpaired) electrons. The van der Waals surface area contributed by atoms with Crippen LogP contribution in [-0.4, -0.2) is 15.7 Å². The van der Waals surface area contributed by atoms with Crippen LogP contribution in [0.1, 0.15) is 16.7 Å². The van der Waals surface area contributed by atoms with Crippen LogP contribution in [0.2, 0.25) is 0 Å². The van der Waals surface area contributed by atoms with E-state index in [9.17, 15) is 4.79 Å². The number of nitrogens with one attached hydrogen (secondary N) is 1. The predicted octanol–water partition coefficient (Wildman–Crippen LogP) is 1.15. The van der Waals surface area contributed by atoms with Gasteiger partial charge in [-0.25, -0.2) is 0 Å². The highest BCUT2D eigenvalue weighted by Crippen LogP contribution is 2.04. The molecule has 2 aromatic rings. The number of nitrogens with zero attached hydrogens (tertiary/aromatic N) is 3. The second-order valence-electron chi connectivity index (χ2n) is 4.28. The molecule has 19 heavy (non-hydrogen) atoms. The van der Waals surface area contributed by atoms with Gasteiger partial charge in [0.05, 0.1) is 24.3 Å². The lowest BCUT2D eigenvalue weighted by Crippen LogP contribution is -2.24. The van der Waals surface area contributed by atoms with Crippen LogP contribution in [0.25, 0.3) is 0 Å². The van der Waals surface area contributed by atoms with Crippen molar-refractivity contribution in [2.45, 2.75) is 13.0 Å². The van der Waals surface area contributed by atoms with E-state index in [1.807, 2.05) is 19.3 Å². The van der Waals surface area contributed by atoms with Crippen molar-refractivity contribution in [1.82, 2.24) is 15.1 Å². The van der Waals surface area contributed by atoms with Gasteiger partial charge in [-0.05, 0) is 17.7 Å². The van der Waals surface area contributed by atoms with E-state index in [1.54, 1.807) is 35.1 Å². The Kier molecular flexibility index (Phi) is 3.94. The Morgan fingerprint density at radius 3 is 2.68 bits per heavy atom. The maximum atomic E-state index is 11.7. The Bertz CT molecular complexity index is 607. The molecular formula is C14H14N4O. The number of carbonyl (C=O) groups excluding carboxylic acids is 1. The molecule has 1 amide bonds. The summed E-state index contributed by atoms with van der Waals surface area (Å²) in [6.07, 6.45) is 3.90. The highest BCUT2D eigenvalue weighted by Gasteiger charge is 2.04. The minimum Gasteiger partial charge on any atom is -0.352 e. The molecular weight excluding hydrogens is 240 g/mol. The van der Waals surface area contributed by atoms with Crippen molar-refractivity contribution in [2.75, 3.05) is 0 Å². The van der Waals surface area contributed by atoms with Crippen LogP contribution < -0.4 is 5.32 Å². The summed E-state index contributed by atoms with van der Waals surface area (Å²) in [4.78, 5) is 11.7. The van der Waals surface area contributed by atoms with Crippen molar-refractivity contribution in [3.63, 3.8) is 0 Å². The van der Waals surface area contributed by atoms with Gasteiger partial charge in [0.2, 0.25) is 5.91 Å². The number of benzene rings is 1. The Balaban J connectivity index is 1.85. The number of aromatic nitrogens is 2. The van der Waals surface area contributed by atoms with E-state index in [0.29, 0.717) is 18.5 Å². The molecule has 0 spiro atoms. The molecule has 0 bridgehead atoms. The molecule has 0 aliphatic carbocycles. The molecule has 1 N–H and O–H groups in total. The smallest absolute Gasteiger partial charge is 0.224 e. The van der Waals surface area contributed by atoms with E-state index in [4.69, 9.17) is 5.26 Å². The molecule has 96 valence electrons. The summed E-state index contributed by atoms with van der Waals surface area (Å²) in [6.45, 7) is 0.475. The first-order valence-corrected chi connectivity index (χ1v) is 5.90. The highest BCUT2D eigenvalue weighted by molar-refractivity contribution is 5.78. The third-order valence-corrected chi connectivity index (χ3v) is 2.70. The van der Waals surface area contributed by atoms with E-state index >= 15 is 0 Å². The zero-order valence-electron chi connectivity index (χ0n) is 10.6. The number of rotatable bonds is 4. The fourth-order valence-electron chi connectivity index (χ4n) is 1.71. The van der Waals surface area contributed by atoms with Crippen LogP contribution in [0, 0.1) is 11.3 Å². The summed E-state index contributed by atoms with van der Waals surface area (Å²) in [6, 6.07) is 9.06. The van der Waals surface area contributed by atoms with Crippen molar-refractivity contribution in [1.29, 1.82) is 5.26 Å². The fourth-order valence-corrected chi connectivity index (χ4v) is 1.71. The topological polar surface area (TPSA) is 70.7 Å². The Morgan fingerprint density at radius 2 is 2.11 bits per heavy atom. The molecule has 0 fully saturated rings. The van der Waals surface area contributed by atoms with E-state index in [-0.39, 0.29) is 5.91 Å². The molecule has 0 aliphatic rings. The van der Waals surface area contributed by atoms with E-state index in [0.717, 1.165) is 11.1 Å². The van der Waals surface area contributed by atoms with Gasteiger partial charge < -0.3 is 5.32 Å². The molecule has 5 nitrogen and oxygen atoms in total. The van der Waals surface area contributed by atoms with Crippen molar-refractivity contribution in [3.8, 4) is 6.07 Å². The lowest BCUT2D eigenvalue weighted by molar-refractivity contribution is -0.120. The van der Waals surface area contributed by atoms with Crippen molar-refractivity contribution >= 4 is 5.91 Å². The van der Waals surface area contributed by atoms with Crippen LogP contribution in [0.15, 0.2) is 36.7 Å². The Hall–Kier alpha value is -2.61. The van der Waals surface area contributed by atoms with Gasteiger partial charge in [-0.2, -0.15) is 10.4 Å². The molecule has 2 rings (SSSR count). The van der Waals surface area contributed by atoms with Gasteiger partial charge in [0, 0.05) is 25.4 Å². The van der Waals surface area contributed by atoms with Crippen LogP contribution in [-0.2, 0) is 24.8 Å². The van der Waals surface area contributed by atoms with Gasteiger partial charge in [-0.15, -0.1) is 0 Å². The van der Waals surface area contributed by atoms with Crippen LogP contribution in [0.4, 0.5) is 0 Å². The van der Waals surface area contributed by atoms with E-state index in [2.05, 4.69) is 10.4 Å². The first-order valence-electron chi connectivity index (χ1n) is 5.90. The minimum absolute atomic E-state index is 0.0476. The molecule has 0 aliphatic heterocycles. The van der Waals surface area contributed by atoms with Crippen LogP contribution in [0.5, 0.6) is 0 Å². The van der Waals surface area contributed by atoms with Gasteiger partial charge in [-0.1, -0.05) is 12.1 Å². The zero-order chi connectivity index (χ0) is 13.7. The molecule has 5 heteroatoms. The number of carbonyl (C=O) groups is 1. The quantitative estimate of drug-likeness (QED) is 0.889. The second-order valence-corrected chi connectivity index (χ2v) is 4.28. The van der Waals surface area contributed by atoms with Gasteiger partial charge in [0.15, 0.2) is 0 Å². The van der Waals surface area contributed by atoms with Crippen LogP contribution >= 0.6 is 0 Å². The molecule has 1 heterocycles. The zero-order valence-corrected chi connectivity index (χ0v) is 10.6. The molecule has 0 unspecified atom stereocenters. The standard InChI is InChI=1S/C14H14N4O/c1-18-10-13(9-17-18)8-16-14(19)6-11-2-4-12(7-15)5-3-11/h2-5,9-10H,6,8H2,1H3,(H,16,19). The second kappa shape index (κ2) is 5.83. The van der Waals surface area contributed by atoms with Crippen molar-refractivity contribution in [2.24, 2.45) is 7.05 Å². The molecule has 0 atom stereocenters. The largest absolute Gasteiger partial charge is 0.352 e. The number of aryl methyl sites for hydroxylation is 1. The normalized spacial score (nSPS) is 9.89. The van der Waals surface area contributed by atoms with Crippen LogP contribution in [0.3, 0.4) is 0 Å². The van der Waals surface area contributed by atoms with E-state index in [1.165, 1.54) is 0 Å². The number of hydrogen-bond acceptors (Lipinski definition) is 3. The number of nitriles is 1. The SMILES string of the molecule is Cn1cc(CNC(=O)Cc2ccc(C#N)cc2)cn1. The third kappa shape index (κ3) is 3.68. The maximum Gasteiger partial charge on any atom is 0.224 e. The van der Waals surface area contributed by atoms with Gasteiger partial charge >= 0.3 is 0 Å². The molecule has 0 saturated heterocycles. The minimum atomic E-state index is -0.0476. The summed E-state index contributed by atoms with van der Waals surface area (Å²) in [7, 11) is 1.84. The third-order valence-electron chi connectivity index (χ3n) is 2.70. The summed E-state index contributed by atoms with van der Waals surface area (Å²) in [5.41, 5.74) is 2.46. The van der Waals surface area contributed by atoms with Crippen molar-refractivity contribution < 1.29 is 4.79 Å². The highest BCUT2D eigenvalue weighted by atomic mass is 16.1. The number of amides is 1. The van der Waals surface area contributed by atoms with Gasteiger partial charge in [0.25, 0.3) is 0 Å². The molecule has 1 aromatic carbocycles. The van der Waals surface area contributed by atoms with Crippen molar-refractivity contribution in [3.05, 3.63) is 53.3 Å². The Labute approximate surface area is 111 Å². The summed E-state index contributed by atoms with van der Waals surface area (Å²) in [5, 5.41) is 15.5. The average Bonchev–Trinajstić information content (AvgIpc) is 2.83. The monoisotopic (exact) mass is 254 g/mol. The van der Waals surface area contributed by atoms with Gasteiger partial charge in [0.1, 0.15) is 0 Å². The lowest BCUT2D eigenvalue weighted by atomic mass is 10.1. The first-order chi connectivity index (χ1) is 9.17. The van der Waals surface area contributed by atoms with E-state index < -0.39 is 0 Å². The number of hydrogen-bond donors (Lipinski definition) is 1. The predicted molar refractivity (Wildman–Crippen MR) is 69.9 cm³/mol. The fraction of sp³-hybridized carbons (Fsp3) is 0.214.